The van der Waals surface area contributed by atoms with Crippen molar-refractivity contribution in [2.24, 2.45) is 0 Å². The largest absolute Gasteiger partial charge is 0.373 e. The molecule has 2 aromatic rings. The first-order valence-corrected chi connectivity index (χ1v) is 10.6. The molecule has 27 heavy (non-hydrogen) atoms. The molecule has 0 saturated carbocycles. The van der Waals surface area contributed by atoms with Gasteiger partial charge in [0.25, 0.3) is 5.91 Å². The molecule has 0 aromatic heterocycles. The topological polar surface area (TPSA) is 69.7 Å². The lowest BCUT2D eigenvalue weighted by atomic mass is 10.2. The van der Waals surface area contributed by atoms with Gasteiger partial charge in [0, 0.05) is 44.5 Å². The Balaban J connectivity index is 1.60. The maximum absolute atomic E-state index is 12.7. The maximum atomic E-state index is 12.7. The number of hydrogen-bond acceptors (Lipinski definition) is 4. The van der Waals surface area contributed by atoms with Crippen molar-refractivity contribution in [3.05, 3.63) is 60.2 Å². The van der Waals surface area contributed by atoms with Crippen molar-refractivity contribution in [1.82, 2.24) is 9.62 Å². The number of anilines is 1. The first-order valence-electron chi connectivity index (χ1n) is 9.13. The summed E-state index contributed by atoms with van der Waals surface area (Å²) in [6.45, 7) is 2.21. The number of likely N-dealkylation sites (N-methyl/N-ethyl adjacent to an activating group) is 1. The molecule has 2 aromatic carbocycles. The quantitative estimate of drug-likeness (QED) is 0.792. The fraction of sp³-hybridized carbons (Fsp3) is 0.350. The van der Waals surface area contributed by atoms with E-state index in [1.165, 1.54) is 10.4 Å². The van der Waals surface area contributed by atoms with E-state index in [1.807, 2.05) is 37.4 Å². The Hall–Kier alpha value is -2.38. The van der Waals surface area contributed by atoms with Crippen LogP contribution in [0.4, 0.5) is 5.69 Å². The maximum Gasteiger partial charge on any atom is 0.251 e. The van der Waals surface area contributed by atoms with Crippen LogP contribution in [0.1, 0.15) is 23.2 Å². The van der Waals surface area contributed by atoms with Gasteiger partial charge in [-0.3, -0.25) is 4.79 Å². The Morgan fingerprint density at radius 3 is 2.48 bits per heavy atom. The van der Waals surface area contributed by atoms with Gasteiger partial charge in [-0.05, 0) is 43.2 Å². The lowest BCUT2D eigenvalue weighted by Crippen LogP contribution is -2.33. The van der Waals surface area contributed by atoms with E-state index in [0.717, 1.165) is 18.5 Å². The van der Waals surface area contributed by atoms with Crippen molar-refractivity contribution < 1.29 is 13.2 Å². The Labute approximate surface area is 160 Å². The van der Waals surface area contributed by atoms with Crippen LogP contribution in [0.2, 0.25) is 0 Å². The Morgan fingerprint density at radius 1 is 1.07 bits per heavy atom. The molecule has 0 bridgehead atoms. The molecular weight excluding hydrogens is 362 g/mol. The van der Waals surface area contributed by atoms with Gasteiger partial charge in [-0.25, -0.2) is 8.42 Å². The molecule has 6 nitrogen and oxygen atoms in total. The summed E-state index contributed by atoms with van der Waals surface area (Å²) < 4.78 is 26.8. The van der Waals surface area contributed by atoms with Crippen molar-refractivity contribution >= 4 is 21.6 Å². The first-order chi connectivity index (χ1) is 13.0. The van der Waals surface area contributed by atoms with Gasteiger partial charge in [0.1, 0.15) is 0 Å². The fourth-order valence-electron chi connectivity index (χ4n) is 3.13. The molecule has 1 saturated heterocycles. The number of carbonyl (C=O) groups is 1. The van der Waals surface area contributed by atoms with Crippen LogP contribution in [0.15, 0.2) is 59.5 Å². The van der Waals surface area contributed by atoms with Crippen LogP contribution in [0.3, 0.4) is 0 Å². The van der Waals surface area contributed by atoms with E-state index in [1.54, 1.807) is 18.2 Å². The van der Waals surface area contributed by atoms with Crippen LogP contribution >= 0.6 is 0 Å². The normalized spacial score (nSPS) is 14.9. The second-order valence-electron chi connectivity index (χ2n) is 6.65. The molecule has 1 aliphatic heterocycles. The minimum absolute atomic E-state index is 0.179. The Kier molecular flexibility index (Phi) is 6.13. The van der Waals surface area contributed by atoms with E-state index in [-0.39, 0.29) is 10.8 Å². The molecule has 144 valence electrons. The standard InChI is InChI=1S/C20H25N3O3S/c1-22(18-9-3-2-4-10-18)15-12-21-20(24)17-8-7-11-19(16-17)27(25,26)23-13-5-6-14-23/h2-4,7-11,16H,5-6,12-15H2,1H3,(H,21,24). The molecule has 0 unspecified atom stereocenters. The second kappa shape index (κ2) is 8.54. The fourth-order valence-corrected chi connectivity index (χ4v) is 4.69. The van der Waals surface area contributed by atoms with Crippen molar-refractivity contribution in [1.29, 1.82) is 0 Å². The minimum Gasteiger partial charge on any atom is -0.373 e. The van der Waals surface area contributed by atoms with E-state index in [0.29, 0.717) is 31.7 Å². The molecule has 0 atom stereocenters. The predicted octanol–water partition coefficient (Wildman–Crippen LogP) is 2.34. The van der Waals surface area contributed by atoms with Crippen molar-refractivity contribution in [2.45, 2.75) is 17.7 Å². The van der Waals surface area contributed by atoms with Crippen molar-refractivity contribution in [3.8, 4) is 0 Å². The summed E-state index contributed by atoms with van der Waals surface area (Å²) in [6.07, 6.45) is 1.77. The average Bonchev–Trinajstić information content (AvgIpc) is 3.24. The van der Waals surface area contributed by atoms with Crippen LogP contribution in [-0.4, -0.2) is 51.9 Å². The summed E-state index contributed by atoms with van der Waals surface area (Å²) in [5.41, 5.74) is 1.43. The SMILES string of the molecule is CN(CCNC(=O)c1cccc(S(=O)(=O)N2CCCC2)c1)c1ccccc1. The summed E-state index contributed by atoms with van der Waals surface area (Å²) in [6, 6.07) is 16.2. The van der Waals surface area contributed by atoms with Crippen LogP contribution in [0.25, 0.3) is 0 Å². The molecular formula is C20H25N3O3S. The van der Waals surface area contributed by atoms with Crippen LogP contribution < -0.4 is 10.2 Å². The number of nitrogens with zero attached hydrogens (tertiary/aromatic N) is 2. The molecule has 7 heteroatoms. The number of hydrogen-bond donors (Lipinski definition) is 1. The first kappa shape index (κ1) is 19.4. The summed E-state index contributed by atoms with van der Waals surface area (Å²) in [4.78, 5) is 14.7. The zero-order chi connectivity index (χ0) is 19.3. The molecule has 0 aliphatic carbocycles. The number of nitrogens with one attached hydrogen (secondary N) is 1. The van der Waals surface area contributed by atoms with Gasteiger partial charge in [0.15, 0.2) is 0 Å². The van der Waals surface area contributed by atoms with Crippen LogP contribution in [0, 0.1) is 0 Å². The third-order valence-corrected chi connectivity index (χ3v) is 6.62. The van der Waals surface area contributed by atoms with E-state index in [9.17, 15) is 13.2 Å². The summed E-state index contributed by atoms with van der Waals surface area (Å²) >= 11 is 0. The van der Waals surface area contributed by atoms with E-state index in [4.69, 9.17) is 0 Å². The lowest BCUT2D eigenvalue weighted by molar-refractivity contribution is 0.0954. The molecule has 1 heterocycles. The predicted molar refractivity (Wildman–Crippen MR) is 106 cm³/mol. The molecule has 0 spiro atoms. The van der Waals surface area contributed by atoms with E-state index < -0.39 is 10.0 Å². The zero-order valence-electron chi connectivity index (χ0n) is 15.5. The third kappa shape index (κ3) is 4.67. The Bertz CT molecular complexity index is 878. The number of para-hydroxylation sites is 1. The highest BCUT2D eigenvalue weighted by molar-refractivity contribution is 7.89. The van der Waals surface area contributed by atoms with Gasteiger partial charge in [-0.2, -0.15) is 4.31 Å². The zero-order valence-corrected chi connectivity index (χ0v) is 16.3. The smallest absolute Gasteiger partial charge is 0.251 e. The molecule has 0 radical (unpaired) electrons. The molecule has 3 rings (SSSR count). The van der Waals surface area contributed by atoms with Gasteiger partial charge in [-0.15, -0.1) is 0 Å². The van der Waals surface area contributed by atoms with Crippen molar-refractivity contribution in [3.63, 3.8) is 0 Å². The Morgan fingerprint density at radius 2 is 1.78 bits per heavy atom. The average molecular weight is 388 g/mol. The van der Waals surface area contributed by atoms with Gasteiger partial charge in [0.05, 0.1) is 4.90 Å². The molecule has 1 N–H and O–H groups in total. The van der Waals surface area contributed by atoms with Gasteiger partial charge >= 0.3 is 0 Å². The molecule has 1 amide bonds. The highest BCUT2D eigenvalue weighted by Crippen LogP contribution is 2.21. The monoisotopic (exact) mass is 387 g/mol. The molecule has 1 fully saturated rings. The van der Waals surface area contributed by atoms with Crippen LogP contribution in [-0.2, 0) is 10.0 Å². The van der Waals surface area contributed by atoms with Gasteiger partial charge in [0.2, 0.25) is 10.0 Å². The number of amides is 1. The van der Waals surface area contributed by atoms with Gasteiger partial charge < -0.3 is 10.2 Å². The van der Waals surface area contributed by atoms with E-state index >= 15 is 0 Å². The molecule has 1 aliphatic rings. The lowest BCUT2D eigenvalue weighted by Gasteiger charge is -2.19. The van der Waals surface area contributed by atoms with Gasteiger partial charge in [-0.1, -0.05) is 24.3 Å². The minimum atomic E-state index is -3.52. The summed E-state index contributed by atoms with van der Waals surface area (Å²) in [5.74, 6) is -0.269. The van der Waals surface area contributed by atoms with Crippen molar-refractivity contribution in [2.75, 3.05) is 38.1 Å². The number of rotatable bonds is 7. The third-order valence-electron chi connectivity index (χ3n) is 4.73. The summed E-state index contributed by atoms with van der Waals surface area (Å²) in [5, 5.41) is 2.86. The van der Waals surface area contributed by atoms with Crippen LogP contribution in [0.5, 0.6) is 0 Å². The summed E-state index contributed by atoms with van der Waals surface area (Å²) in [7, 11) is -1.56. The number of benzene rings is 2. The highest BCUT2D eigenvalue weighted by atomic mass is 32.2. The van der Waals surface area contributed by atoms with E-state index in [2.05, 4.69) is 10.2 Å². The number of carbonyl (C=O) groups excluding carboxylic acids is 1. The second-order valence-corrected chi connectivity index (χ2v) is 8.59. The highest BCUT2D eigenvalue weighted by Gasteiger charge is 2.27. The number of sulfonamides is 1.